The normalized spacial score (nSPS) is 20.0. The van der Waals surface area contributed by atoms with Crippen molar-refractivity contribution in [2.75, 3.05) is 26.7 Å². The Hall–Kier alpha value is -1.55. The topological polar surface area (TPSA) is 49.8 Å². The van der Waals surface area contributed by atoms with Crippen LogP contribution in [-0.4, -0.2) is 42.7 Å². The molecule has 116 valence electrons. The summed E-state index contributed by atoms with van der Waals surface area (Å²) in [5.74, 6) is 0.588. The van der Waals surface area contributed by atoms with E-state index in [-0.39, 0.29) is 0 Å². The minimum Gasteiger partial charge on any atom is -0.497 e. The fraction of sp³-hybridized carbons (Fsp3) is 0.588. The number of benzene rings is 1. The Labute approximate surface area is 126 Å². The highest BCUT2D eigenvalue weighted by atomic mass is 16.5. The molecular weight excluding hydrogens is 266 g/mol. The number of likely N-dealkylation sites (tertiary alicyclic amines) is 1. The SMILES string of the molecule is COc1ccc(CCN2CCCC(CC(=O)O)CC2)cc1. The summed E-state index contributed by atoms with van der Waals surface area (Å²) < 4.78 is 5.17. The highest BCUT2D eigenvalue weighted by molar-refractivity contribution is 5.67. The zero-order valence-corrected chi connectivity index (χ0v) is 12.8. The van der Waals surface area contributed by atoms with Gasteiger partial charge in [-0.2, -0.15) is 0 Å². The van der Waals surface area contributed by atoms with Gasteiger partial charge in [0, 0.05) is 13.0 Å². The highest BCUT2D eigenvalue weighted by Gasteiger charge is 2.18. The van der Waals surface area contributed by atoms with E-state index in [1.165, 1.54) is 5.56 Å². The second kappa shape index (κ2) is 8.03. The number of aliphatic carboxylic acids is 1. The molecule has 0 radical (unpaired) electrons. The summed E-state index contributed by atoms with van der Waals surface area (Å²) in [7, 11) is 1.68. The van der Waals surface area contributed by atoms with Crippen LogP contribution in [0.25, 0.3) is 0 Å². The van der Waals surface area contributed by atoms with Gasteiger partial charge in [0.1, 0.15) is 5.75 Å². The highest BCUT2D eigenvalue weighted by Crippen LogP contribution is 2.21. The molecule has 1 atom stereocenters. The minimum atomic E-state index is -0.660. The van der Waals surface area contributed by atoms with Crippen LogP contribution in [0.2, 0.25) is 0 Å². The average Bonchev–Trinajstić information content (AvgIpc) is 2.70. The molecule has 4 nitrogen and oxygen atoms in total. The van der Waals surface area contributed by atoms with E-state index in [2.05, 4.69) is 17.0 Å². The van der Waals surface area contributed by atoms with Crippen LogP contribution in [0.3, 0.4) is 0 Å². The molecule has 0 aromatic heterocycles. The summed E-state index contributed by atoms with van der Waals surface area (Å²) in [6.45, 7) is 3.16. The van der Waals surface area contributed by atoms with Crippen molar-refractivity contribution in [3.63, 3.8) is 0 Å². The lowest BCUT2D eigenvalue weighted by Gasteiger charge is -2.20. The van der Waals surface area contributed by atoms with Crippen molar-refractivity contribution in [1.82, 2.24) is 4.90 Å². The summed E-state index contributed by atoms with van der Waals surface area (Å²) in [4.78, 5) is 13.3. The summed E-state index contributed by atoms with van der Waals surface area (Å²) in [6, 6.07) is 8.23. The Kier molecular flexibility index (Phi) is 6.05. The van der Waals surface area contributed by atoms with Crippen LogP contribution < -0.4 is 4.74 Å². The molecule has 0 saturated carbocycles. The third-order valence-electron chi connectivity index (χ3n) is 4.28. The average molecular weight is 291 g/mol. The summed E-state index contributed by atoms with van der Waals surface area (Å²) in [6.07, 6.45) is 4.53. The van der Waals surface area contributed by atoms with Crippen LogP contribution in [0.5, 0.6) is 5.75 Å². The van der Waals surface area contributed by atoms with E-state index in [4.69, 9.17) is 9.84 Å². The smallest absolute Gasteiger partial charge is 0.303 e. The predicted octanol–water partition coefficient (Wildman–Crippen LogP) is 2.81. The number of carboxylic acid groups (broad SMARTS) is 1. The second-order valence-corrected chi connectivity index (χ2v) is 5.83. The number of hydrogen-bond donors (Lipinski definition) is 1. The first-order valence-electron chi connectivity index (χ1n) is 7.74. The van der Waals surface area contributed by atoms with Gasteiger partial charge in [-0.05, 0) is 62.4 Å². The van der Waals surface area contributed by atoms with E-state index in [1.807, 2.05) is 12.1 Å². The molecule has 0 amide bonds. The summed E-state index contributed by atoms with van der Waals surface area (Å²) >= 11 is 0. The van der Waals surface area contributed by atoms with E-state index in [0.717, 1.165) is 51.1 Å². The van der Waals surface area contributed by atoms with E-state index >= 15 is 0 Å². The number of rotatable bonds is 6. The van der Waals surface area contributed by atoms with Gasteiger partial charge in [0.05, 0.1) is 7.11 Å². The van der Waals surface area contributed by atoms with Gasteiger partial charge in [-0.15, -0.1) is 0 Å². The lowest BCUT2D eigenvalue weighted by molar-refractivity contribution is -0.138. The van der Waals surface area contributed by atoms with Crippen LogP contribution in [0.4, 0.5) is 0 Å². The molecule has 0 aliphatic carbocycles. The van der Waals surface area contributed by atoms with Crippen molar-refractivity contribution in [3.05, 3.63) is 29.8 Å². The van der Waals surface area contributed by atoms with Gasteiger partial charge in [0.15, 0.2) is 0 Å². The first-order chi connectivity index (χ1) is 10.2. The van der Waals surface area contributed by atoms with Crippen molar-refractivity contribution < 1.29 is 14.6 Å². The Bertz CT molecular complexity index is 444. The number of hydrogen-bond acceptors (Lipinski definition) is 3. The Morgan fingerprint density at radius 2 is 2.05 bits per heavy atom. The van der Waals surface area contributed by atoms with E-state index in [0.29, 0.717) is 12.3 Å². The molecule has 1 aromatic carbocycles. The predicted molar refractivity (Wildman–Crippen MR) is 82.7 cm³/mol. The first kappa shape index (κ1) is 15.8. The van der Waals surface area contributed by atoms with Crippen LogP contribution in [-0.2, 0) is 11.2 Å². The Morgan fingerprint density at radius 1 is 1.29 bits per heavy atom. The molecule has 21 heavy (non-hydrogen) atoms. The van der Waals surface area contributed by atoms with Gasteiger partial charge >= 0.3 is 5.97 Å². The fourth-order valence-electron chi connectivity index (χ4n) is 2.98. The molecule has 0 spiro atoms. The van der Waals surface area contributed by atoms with Gasteiger partial charge < -0.3 is 14.7 Å². The lowest BCUT2D eigenvalue weighted by atomic mass is 9.97. The maximum Gasteiger partial charge on any atom is 0.303 e. The van der Waals surface area contributed by atoms with E-state index in [9.17, 15) is 4.79 Å². The van der Waals surface area contributed by atoms with Crippen LogP contribution in [0.1, 0.15) is 31.2 Å². The maximum absolute atomic E-state index is 10.8. The van der Waals surface area contributed by atoms with Gasteiger partial charge in [-0.25, -0.2) is 0 Å². The van der Waals surface area contributed by atoms with Crippen LogP contribution >= 0.6 is 0 Å². The maximum atomic E-state index is 10.8. The van der Waals surface area contributed by atoms with Gasteiger partial charge in [0.2, 0.25) is 0 Å². The lowest BCUT2D eigenvalue weighted by Crippen LogP contribution is -2.27. The summed E-state index contributed by atoms with van der Waals surface area (Å²) in [5, 5.41) is 8.89. The largest absolute Gasteiger partial charge is 0.497 e. The van der Waals surface area contributed by atoms with Gasteiger partial charge in [-0.1, -0.05) is 12.1 Å². The molecule has 1 heterocycles. The zero-order chi connectivity index (χ0) is 15.1. The molecular formula is C17H25NO3. The number of carboxylic acids is 1. The number of ether oxygens (including phenoxy) is 1. The molecule has 2 rings (SSSR count). The fourth-order valence-corrected chi connectivity index (χ4v) is 2.98. The zero-order valence-electron chi connectivity index (χ0n) is 12.8. The van der Waals surface area contributed by atoms with Crippen molar-refractivity contribution in [2.45, 2.75) is 32.1 Å². The third kappa shape index (κ3) is 5.38. The van der Waals surface area contributed by atoms with Crippen molar-refractivity contribution >= 4 is 5.97 Å². The molecule has 1 N–H and O–H groups in total. The molecule has 1 aliphatic rings. The Morgan fingerprint density at radius 3 is 2.71 bits per heavy atom. The van der Waals surface area contributed by atoms with E-state index < -0.39 is 5.97 Å². The van der Waals surface area contributed by atoms with Crippen molar-refractivity contribution in [1.29, 1.82) is 0 Å². The minimum absolute atomic E-state index is 0.326. The standard InChI is InChI=1S/C17H25NO3/c1-21-16-6-4-14(5-7-16)8-11-18-10-2-3-15(9-12-18)13-17(19)20/h4-7,15H,2-3,8-13H2,1H3,(H,19,20). The molecule has 1 saturated heterocycles. The molecule has 4 heteroatoms. The molecule has 0 bridgehead atoms. The quantitative estimate of drug-likeness (QED) is 0.875. The molecule has 1 aliphatic heterocycles. The number of nitrogens with zero attached hydrogens (tertiary/aromatic N) is 1. The third-order valence-corrected chi connectivity index (χ3v) is 4.28. The monoisotopic (exact) mass is 291 g/mol. The molecule has 1 aromatic rings. The van der Waals surface area contributed by atoms with Crippen molar-refractivity contribution in [3.8, 4) is 5.75 Å². The summed E-state index contributed by atoms with van der Waals surface area (Å²) in [5.41, 5.74) is 1.32. The number of carbonyl (C=O) groups is 1. The molecule has 1 unspecified atom stereocenters. The van der Waals surface area contributed by atoms with E-state index in [1.54, 1.807) is 7.11 Å². The second-order valence-electron chi connectivity index (χ2n) is 5.83. The van der Waals surface area contributed by atoms with Crippen LogP contribution in [0.15, 0.2) is 24.3 Å². The number of methoxy groups -OCH3 is 1. The van der Waals surface area contributed by atoms with Gasteiger partial charge in [0.25, 0.3) is 0 Å². The first-order valence-corrected chi connectivity index (χ1v) is 7.74. The van der Waals surface area contributed by atoms with Crippen molar-refractivity contribution in [2.24, 2.45) is 5.92 Å². The van der Waals surface area contributed by atoms with Crippen LogP contribution in [0, 0.1) is 5.92 Å². The molecule has 1 fully saturated rings. The van der Waals surface area contributed by atoms with Gasteiger partial charge in [-0.3, -0.25) is 4.79 Å². The Balaban J connectivity index is 1.76.